The average Bonchev–Trinajstić information content (AvgIpc) is 2.38. The predicted octanol–water partition coefficient (Wildman–Crippen LogP) is 0.254. The number of ether oxygens (including phenoxy) is 1. The van der Waals surface area contributed by atoms with Crippen molar-refractivity contribution in [3.05, 3.63) is 35.4 Å². The SMILES string of the molecule is NC(=S)Cc1cccc(C(=O)NCCOCCO)c1. The highest BCUT2D eigenvalue weighted by molar-refractivity contribution is 7.80. The maximum atomic E-state index is 11.8. The Morgan fingerprint density at radius 1 is 1.42 bits per heavy atom. The summed E-state index contributed by atoms with van der Waals surface area (Å²) in [4.78, 5) is 12.2. The number of carbonyl (C=O) groups excluding carboxylic acids is 1. The first-order valence-corrected chi connectivity index (χ1v) is 6.38. The Hall–Kier alpha value is -1.50. The Kier molecular flexibility index (Phi) is 7.02. The van der Waals surface area contributed by atoms with Crippen molar-refractivity contribution in [3.63, 3.8) is 0 Å². The summed E-state index contributed by atoms with van der Waals surface area (Å²) in [5, 5.41) is 11.3. The summed E-state index contributed by atoms with van der Waals surface area (Å²) in [5.74, 6) is -0.169. The molecule has 1 rings (SSSR count). The van der Waals surface area contributed by atoms with E-state index < -0.39 is 0 Å². The Balaban J connectivity index is 2.45. The highest BCUT2D eigenvalue weighted by Gasteiger charge is 2.06. The topological polar surface area (TPSA) is 84.6 Å². The van der Waals surface area contributed by atoms with Gasteiger partial charge in [-0.3, -0.25) is 4.79 Å². The van der Waals surface area contributed by atoms with Crippen molar-refractivity contribution < 1.29 is 14.6 Å². The van der Waals surface area contributed by atoms with Crippen LogP contribution in [0.3, 0.4) is 0 Å². The molecule has 0 aromatic heterocycles. The van der Waals surface area contributed by atoms with E-state index in [1.165, 1.54) is 0 Å². The summed E-state index contributed by atoms with van der Waals surface area (Å²) in [7, 11) is 0. The van der Waals surface area contributed by atoms with Crippen LogP contribution in [0.1, 0.15) is 15.9 Å². The average molecular weight is 282 g/mol. The summed E-state index contributed by atoms with van der Waals surface area (Å²) in [6, 6.07) is 7.17. The molecule has 0 spiro atoms. The van der Waals surface area contributed by atoms with E-state index in [4.69, 9.17) is 27.8 Å². The van der Waals surface area contributed by atoms with Crippen molar-refractivity contribution >= 4 is 23.1 Å². The molecule has 1 aromatic rings. The number of aliphatic hydroxyl groups excluding tert-OH is 1. The number of aliphatic hydroxyl groups is 1. The zero-order chi connectivity index (χ0) is 14.1. The molecular formula is C13H18N2O3S. The zero-order valence-corrected chi connectivity index (χ0v) is 11.4. The van der Waals surface area contributed by atoms with Gasteiger partial charge in [0.05, 0.1) is 24.8 Å². The lowest BCUT2D eigenvalue weighted by atomic mass is 10.1. The lowest BCUT2D eigenvalue weighted by molar-refractivity contribution is 0.0838. The fraction of sp³-hybridized carbons (Fsp3) is 0.385. The molecule has 0 aliphatic rings. The van der Waals surface area contributed by atoms with Gasteiger partial charge < -0.3 is 20.9 Å². The molecule has 104 valence electrons. The molecule has 0 fully saturated rings. The molecule has 4 N–H and O–H groups in total. The van der Waals surface area contributed by atoms with E-state index >= 15 is 0 Å². The molecule has 0 bridgehead atoms. The Morgan fingerprint density at radius 2 is 2.21 bits per heavy atom. The Morgan fingerprint density at radius 3 is 2.89 bits per heavy atom. The minimum absolute atomic E-state index is 0.0189. The highest BCUT2D eigenvalue weighted by atomic mass is 32.1. The molecule has 0 atom stereocenters. The number of nitrogens with two attached hydrogens (primary N) is 1. The minimum Gasteiger partial charge on any atom is -0.394 e. The molecule has 0 aliphatic carbocycles. The second kappa shape index (κ2) is 8.58. The van der Waals surface area contributed by atoms with Gasteiger partial charge in [0.15, 0.2) is 0 Å². The first kappa shape index (κ1) is 15.6. The summed E-state index contributed by atoms with van der Waals surface area (Å²) in [5.41, 5.74) is 6.95. The molecule has 0 saturated carbocycles. The van der Waals surface area contributed by atoms with Gasteiger partial charge in [0.25, 0.3) is 5.91 Å². The molecule has 0 heterocycles. The van der Waals surface area contributed by atoms with Gasteiger partial charge in [0, 0.05) is 18.5 Å². The molecule has 0 radical (unpaired) electrons. The number of benzene rings is 1. The summed E-state index contributed by atoms with van der Waals surface area (Å²) < 4.78 is 5.05. The normalized spacial score (nSPS) is 10.2. The Bertz CT molecular complexity index is 438. The largest absolute Gasteiger partial charge is 0.394 e. The first-order valence-electron chi connectivity index (χ1n) is 5.97. The third-order valence-corrected chi connectivity index (χ3v) is 2.48. The second-order valence-corrected chi connectivity index (χ2v) is 4.46. The van der Waals surface area contributed by atoms with Crippen molar-refractivity contribution in [1.82, 2.24) is 5.32 Å². The van der Waals surface area contributed by atoms with Crippen molar-refractivity contribution in [3.8, 4) is 0 Å². The molecule has 1 aromatic carbocycles. The second-order valence-electron chi connectivity index (χ2n) is 3.94. The molecule has 0 unspecified atom stereocenters. The van der Waals surface area contributed by atoms with E-state index in [-0.39, 0.29) is 19.1 Å². The number of rotatable bonds is 8. The van der Waals surface area contributed by atoms with Crippen LogP contribution in [0.2, 0.25) is 0 Å². The van der Waals surface area contributed by atoms with Gasteiger partial charge >= 0.3 is 0 Å². The number of nitrogens with one attached hydrogen (secondary N) is 1. The van der Waals surface area contributed by atoms with E-state index in [1.807, 2.05) is 6.07 Å². The monoisotopic (exact) mass is 282 g/mol. The molecule has 19 heavy (non-hydrogen) atoms. The molecule has 5 nitrogen and oxygen atoms in total. The van der Waals surface area contributed by atoms with Gasteiger partial charge in [-0.15, -0.1) is 0 Å². The van der Waals surface area contributed by atoms with Crippen LogP contribution in [-0.2, 0) is 11.2 Å². The number of hydrogen-bond donors (Lipinski definition) is 3. The van der Waals surface area contributed by atoms with Crippen LogP contribution >= 0.6 is 12.2 Å². The van der Waals surface area contributed by atoms with Crippen molar-refractivity contribution in [2.24, 2.45) is 5.73 Å². The van der Waals surface area contributed by atoms with Crippen LogP contribution in [0.4, 0.5) is 0 Å². The zero-order valence-electron chi connectivity index (χ0n) is 10.6. The first-order chi connectivity index (χ1) is 9.13. The third-order valence-electron chi connectivity index (χ3n) is 2.34. The van der Waals surface area contributed by atoms with Crippen molar-refractivity contribution in [2.75, 3.05) is 26.4 Å². The fourth-order valence-corrected chi connectivity index (χ4v) is 1.70. The standard InChI is InChI=1S/C13H18N2O3S/c14-12(19)9-10-2-1-3-11(8-10)13(17)15-4-6-18-7-5-16/h1-3,8,16H,4-7,9H2,(H2,14,19)(H,15,17). The Labute approximate surface area is 117 Å². The maximum absolute atomic E-state index is 11.8. The lowest BCUT2D eigenvalue weighted by Gasteiger charge is -2.07. The van der Waals surface area contributed by atoms with Crippen LogP contribution < -0.4 is 11.1 Å². The summed E-state index contributed by atoms with van der Waals surface area (Å²) >= 11 is 4.84. The van der Waals surface area contributed by atoms with Crippen LogP contribution in [0.25, 0.3) is 0 Å². The van der Waals surface area contributed by atoms with Crippen LogP contribution in [0.5, 0.6) is 0 Å². The molecule has 0 aliphatic heterocycles. The molecular weight excluding hydrogens is 264 g/mol. The fourth-order valence-electron chi connectivity index (χ4n) is 1.53. The van der Waals surface area contributed by atoms with Gasteiger partial charge in [-0.2, -0.15) is 0 Å². The van der Waals surface area contributed by atoms with Crippen LogP contribution in [0, 0.1) is 0 Å². The van der Waals surface area contributed by atoms with Crippen molar-refractivity contribution in [2.45, 2.75) is 6.42 Å². The molecule has 1 amide bonds. The molecule has 0 saturated heterocycles. The van der Waals surface area contributed by atoms with E-state index in [0.29, 0.717) is 30.1 Å². The predicted molar refractivity (Wildman–Crippen MR) is 77.2 cm³/mol. The van der Waals surface area contributed by atoms with E-state index in [9.17, 15) is 4.79 Å². The van der Waals surface area contributed by atoms with Gasteiger partial charge in [-0.25, -0.2) is 0 Å². The van der Waals surface area contributed by atoms with Crippen molar-refractivity contribution in [1.29, 1.82) is 0 Å². The summed E-state index contributed by atoms with van der Waals surface area (Å²) in [6.07, 6.45) is 0.482. The third kappa shape index (κ3) is 6.28. The van der Waals surface area contributed by atoms with Gasteiger partial charge in [-0.1, -0.05) is 24.4 Å². The lowest BCUT2D eigenvalue weighted by Crippen LogP contribution is -2.27. The van der Waals surface area contributed by atoms with Gasteiger partial charge in [0.1, 0.15) is 0 Å². The number of thiocarbonyl (C=S) groups is 1. The molecule has 6 heteroatoms. The summed E-state index contributed by atoms with van der Waals surface area (Å²) in [6.45, 7) is 1.03. The van der Waals surface area contributed by atoms with Crippen LogP contribution in [-0.4, -0.2) is 42.4 Å². The minimum atomic E-state index is -0.169. The number of hydrogen-bond acceptors (Lipinski definition) is 4. The van der Waals surface area contributed by atoms with E-state index in [2.05, 4.69) is 5.32 Å². The number of amides is 1. The maximum Gasteiger partial charge on any atom is 0.251 e. The van der Waals surface area contributed by atoms with Gasteiger partial charge in [-0.05, 0) is 17.7 Å². The smallest absolute Gasteiger partial charge is 0.251 e. The number of carbonyl (C=O) groups is 1. The quantitative estimate of drug-likeness (QED) is 0.470. The van der Waals surface area contributed by atoms with Crippen LogP contribution in [0.15, 0.2) is 24.3 Å². The highest BCUT2D eigenvalue weighted by Crippen LogP contribution is 2.06. The van der Waals surface area contributed by atoms with E-state index in [1.54, 1.807) is 18.2 Å². The van der Waals surface area contributed by atoms with Gasteiger partial charge in [0.2, 0.25) is 0 Å². The van der Waals surface area contributed by atoms with E-state index in [0.717, 1.165) is 5.56 Å².